The van der Waals surface area contributed by atoms with Crippen molar-refractivity contribution in [2.75, 3.05) is 16.8 Å². The van der Waals surface area contributed by atoms with Gasteiger partial charge in [-0.2, -0.15) is 0 Å². The second-order valence-electron chi connectivity index (χ2n) is 5.82. The van der Waals surface area contributed by atoms with Gasteiger partial charge in [-0.25, -0.2) is 22.8 Å². The first-order chi connectivity index (χ1) is 11.9. The quantitative estimate of drug-likeness (QED) is 0.825. The SMILES string of the molecule is O=C(NCc1ccc(F)cc1)c1ccnc(NC2CCS(=O)(=O)C2)n1. The van der Waals surface area contributed by atoms with Crippen molar-refractivity contribution in [3.63, 3.8) is 0 Å². The molecule has 1 aliphatic heterocycles. The fraction of sp³-hybridized carbons (Fsp3) is 0.312. The van der Waals surface area contributed by atoms with Gasteiger partial charge in [0.05, 0.1) is 11.5 Å². The van der Waals surface area contributed by atoms with E-state index in [0.717, 1.165) is 5.56 Å². The Morgan fingerprint density at radius 2 is 2.00 bits per heavy atom. The Morgan fingerprint density at radius 3 is 2.68 bits per heavy atom. The molecule has 25 heavy (non-hydrogen) atoms. The largest absolute Gasteiger partial charge is 0.350 e. The van der Waals surface area contributed by atoms with Crippen LogP contribution in [-0.4, -0.2) is 41.8 Å². The van der Waals surface area contributed by atoms with Crippen LogP contribution in [0, 0.1) is 5.82 Å². The molecule has 2 N–H and O–H groups in total. The molecule has 1 atom stereocenters. The molecule has 1 aromatic heterocycles. The molecule has 2 aromatic rings. The number of nitrogens with one attached hydrogen (secondary N) is 2. The second kappa shape index (κ2) is 7.14. The summed E-state index contributed by atoms with van der Waals surface area (Å²) in [7, 11) is -3.01. The van der Waals surface area contributed by atoms with Crippen LogP contribution < -0.4 is 10.6 Å². The summed E-state index contributed by atoms with van der Waals surface area (Å²) in [5.41, 5.74) is 0.929. The van der Waals surface area contributed by atoms with E-state index in [0.29, 0.717) is 6.42 Å². The fourth-order valence-electron chi connectivity index (χ4n) is 2.52. The first-order valence-corrected chi connectivity index (χ1v) is 9.56. The van der Waals surface area contributed by atoms with Crippen molar-refractivity contribution in [2.45, 2.75) is 19.0 Å². The van der Waals surface area contributed by atoms with Crippen LogP contribution in [-0.2, 0) is 16.4 Å². The number of sulfone groups is 1. The Kier molecular flexibility index (Phi) is 4.93. The summed E-state index contributed by atoms with van der Waals surface area (Å²) in [5, 5.41) is 5.64. The average Bonchev–Trinajstić information content (AvgIpc) is 2.93. The van der Waals surface area contributed by atoms with Crippen molar-refractivity contribution in [1.29, 1.82) is 0 Å². The number of anilines is 1. The summed E-state index contributed by atoms with van der Waals surface area (Å²) in [6.07, 6.45) is 1.93. The standard InChI is InChI=1S/C16H17FN4O3S/c17-12-3-1-11(2-4-12)9-19-15(22)14-5-7-18-16(21-14)20-13-6-8-25(23,24)10-13/h1-5,7,13H,6,8-10H2,(H,19,22)(H,18,20,21). The number of carbonyl (C=O) groups excluding carboxylic acids is 1. The van der Waals surface area contributed by atoms with Crippen LogP contribution in [0.25, 0.3) is 0 Å². The Balaban J connectivity index is 1.60. The summed E-state index contributed by atoms with van der Waals surface area (Å²) >= 11 is 0. The molecule has 0 bridgehead atoms. The smallest absolute Gasteiger partial charge is 0.270 e. The zero-order valence-electron chi connectivity index (χ0n) is 13.3. The van der Waals surface area contributed by atoms with Gasteiger partial charge in [0, 0.05) is 18.8 Å². The van der Waals surface area contributed by atoms with Gasteiger partial charge >= 0.3 is 0 Å². The molecule has 1 aromatic carbocycles. The van der Waals surface area contributed by atoms with Crippen LogP contribution in [0.2, 0.25) is 0 Å². The number of benzene rings is 1. The minimum Gasteiger partial charge on any atom is -0.350 e. The predicted octanol–water partition coefficient (Wildman–Crippen LogP) is 1.14. The monoisotopic (exact) mass is 364 g/mol. The molecule has 132 valence electrons. The van der Waals surface area contributed by atoms with Crippen molar-refractivity contribution < 1.29 is 17.6 Å². The molecule has 0 radical (unpaired) electrons. The highest BCUT2D eigenvalue weighted by atomic mass is 32.2. The Labute approximate surface area is 144 Å². The van der Waals surface area contributed by atoms with Crippen molar-refractivity contribution in [3.05, 3.63) is 53.6 Å². The summed E-state index contributed by atoms with van der Waals surface area (Å²) in [6.45, 7) is 0.243. The maximum absolute atomic E-state index is 12.9. The number of rotatable bonds is 5. The second-order valence-corrected chi connectivity index (χ2v) is 8.05. The van der Waals surface area contributed by atoms with Crippen molar-refractivity contribution in [3.8, 4) is 0 Å². The lowest BCUT2D eigenvalue weighted by Crippen LogP contribution is -2.26. The number of carbonyl (C=O) groups is 1. The minimum atomic E-state index is -3.01. The number of hydrogen-bond acceptors (Lipinski definition) is 6. The zero-order valence-corrected chi connectivity index (χ0v) is 14.1. The Hall–Kier alpha value is -2.55. The van der Waals surface area contributed by atoms with Crippen LogP contribution in [0.15, 0.2) is 36.5 Å². The van der Waals surface area contributed by atoms with Gasteiger partial charge in [-0.3, -0.25) is 4.79 Å². The molecule has 3 rings (SSSR count). The van der Waals surface area contributed by atoms with Crippen LogP contribution in [0.4, 0.5) is 10.3 Å². The summed E-state index contributed by atoms with van der Waals surface area (Å²) < 4.78 is 35.8. The van der Waals surface area contributed by atoms with Crippen LogP contribution in [0.3, 0.4) is 0 Å². The molecule has 1 fully saturated rings. The number of nitrogens with zero attached hydrogens (tertiary/aromatic N) is 2. The Morgan fingerprint density at radius 1 is 1.24 bits per heavy atom. The zero-order chi connectivity index (χ0) is 17.9. The van der Waals surface area contributed by atoms with Gasteiger partial charge in [0.1, 0.15) is 11.5 Å². The number of amides is 1. The topological polar surface area (TPSA) is 101 Å². The molecule has 2 heterocycles. The van der Waals surface area contributed by atoms with E-state index in [2.05, 4.69) is 20.6 Å². The number of hydrogen-bond donors (Lipinski definition) is 2. The lowest BCUT2D eigenvalue weighted by Gasteiger charge is -2.11. The van der Waals surface area contributed by atoms with E-state index in [9.17, 15) is 17.6 Å². The highest BCUT2D eigenvalue weighted by Gasteiger charge is 2.28. The highest BCUT2D eigenvalue weighted by molar-refractivity contribution is 7.91. The summed E-state index contributed by atoms with van der Waals surface area (Å²) in [4.78, 5) is 20.3. The first kappa shape index (κ1) is 17.3. The van der Waals surface area contributed by atoms with Gasteiger partial charge in [0.15, 0.2) is 9.84 Å². The lowest BCUT2D eigenvalue weighted by atomic mass is 10.2. The van der Waals surface area contributed by atoms with Gasteiger partial charge in [-0.05, 0) is 30.2 Å². The Bertz CT molecular complexity index is 871. The number of aromatic nitrogens is 2. The van der Waals surface area contributed by atoms with E-state index in [4.69, 9.17) is 0 Å². The van der Waals surface area contributed by atoms with Crippen LogP contribution >= 0.6 is 0 Å². The highest BCUT2D eigenvalue weighted by Crippen LogP contribution is 2.15. The molecule has 1 amide bonds. The molecule has 1 saturated heterocycles. The maximum atomic E-state index is 12.9. The van der Waals surface area contributed by atoms with E-state index in [1.807, 2.05) is 0 Å². The fourth-order valence-corrected chi connectivity index (χ4v) is 4.19. The van der Waals surface area contributed by atoms with E-state index in [1.165, 1.54) is 24.4 Å². The molecule has 7 nitrogen and oxygen atoms in total. The molecular formula is C16H17FN4O3S. The van der Waals surface area contributed by atoms with Gasteiger partial charge in [-0.15, -0.1) is 0 Å². The van der Waals surface area contributed by atoms with Gasteiger partial charge in [-0.1, -0.05) is 12.1 Å². The van der Waals surface area contributed by atoms with E-state index in [1.54, 1.807) is 12.1 Å². The predicted molar refractivity (Wildman–Crippen MR) is 90.3 cm³/mol. The molecule has 9 heteroatoms. The minimum absolute atomic E-state index is 0.0390. The lowest BCUT2D eigenvalue weighted by molar-refractivity contribution is 0.0946. The third-order valence-electron chi connectivity index (χ3n) is 3.82. The van der Waals surface area contributed by atoms with E-state index in [-0.39, 0.29) is 41.6 Å². The van der Waals surface area contributed by atoms with E-state index < -0.39 is 15.7 Å². The first-order valence-electron chi connectivity index (χ1n) is 7.74. The van der Waals surface area contributed by atoms with Crippen LogP contribution in [0.1, 0.15) is 22.5 Å². The van der Waals surface area contributed by atoms with Gasteiger partial charge in [0.2, 0.25) is 5.95 Å². The molecule has 0 saturated carbocycles. The van der Waals surface area contributed by atoms with Gasteiger partial charge < -0.3 is 10.6 Å². The van der Waals surface area contributed by atoms with Crippen molar-refractivity contribution >= 4 is 21.7 Å². The average molecular weight is 364 g/mol. The molecule has 1 unspecified atom stereocenters. The van der Waals surface area contributed by atoms with Gasteiger partial charge in [0.25, 0.3) is 5.91 Å². The third-order valence-corrected chi connectivity index (χ3v) is 5.59. The molecule has 1 aliphatic rings. The molecule has 0 spiro atoms. The van der Waals surface area contributed by atoms with Crippen molar-refractivity contribution in [1.82, 2.24) is 15.3 Å². The van der Waals surface area contributed by atoms with E-state index >= 15 is 0 Å². The molecular weight excluding hydrogens is 347 g/mol. The molecule has 0 aliphatic carbocycles. The normalized spacial score (nSPS) is 18.7. The third kappa shape index (κ3) is 4.72. The van der Waals surface area contributed by atoms with Crippen molar-refractivity contribution in [2.24, 2.45) is 0 Å². The summed E-state index contributed by atoms with van der Waals surface area (Å²) in [6, 6.07) is 7.04. The summed E-state index contributed by atoms with van der Waals surface area (Å²) in [5.74, 6) is -0.333. The van der Waals surface area contributed by atoms with Crippen LogP contribution in [0.5, 0.6) is 0 Å². The maximum Gasteiger partial charge on any atom is 0.270 e. The number of halogens is 1.